The van der Waals surface area contributed by atoms with Crippen molar-refractivity contribution in [1.82, 2.24) is 0 Å². The molecule has 2 aliphatic heterocycles. The van der Waals surface area contributed by atoms with Crippen LogP contribution in [0.4, 0.5) is 15.8 Å². The van der Waals surface area contributed by atoms with E-state index < -0.39 is 5.97 Å². The number of carboxylic acids is 1. The molecule has 2 fully saturated rings. The van der Waals surface area contributed by atoms with Crippen LogP contribution in [0.3, 0.4) is 0 Å². The number of aliphatic carboxylic acids is 1. The number of halogens is 1. The lowest BCUT2D eigenvalue weighted by atomic mass is 9.98. The predicted octanol–water partition coefficient (Wildman–Crippen LogP) is 5.99. The SMILES string of the molecule is COc1ccc(F)c(N2CCC(Oc3ccc(N4CC(C=C5C=CC=CC5)CC4CC(=O)O)cc3)CC2)c1. The molecule has 0 bridgehead atoms. The Balaban J connectivity index is 1.19. The zero-order valence-electron chi connectivity index (χ0n) is 21.8. The average molecular weight is 519 g/mol. The summed E-state index contributed by atoms with van der Waals surface area (Å²) < 4.78 is 25.9. The van der Waals surface area contributed by atoms with Gasteiger partial charge in [0.2, 0.25) is 0 Å². The van der Waals surface area contributed by atoms with E-state index in [9.17, 15) is 14.3 Å². The number of methoxy groups -OCH3 is 1. The average Bonchev–Trinajstić information content (AvgIpc) is 3.31. The maximum absolute atomic E-state index is 14.4. The van der Waals surface area contributed by atoms with Gasteiger partial charge in [0.25, 0.3) is 0 Å². The summed E-state index contributed by atoms with van der Waals surface area (Å²) in [5.74, 6) is 0.755. The number of allylic oxidation sites excluding steroid dienone is 5. The van der Waals surface area contributed by atoms with E-state index in [4.69, 9.17) is 9.47 Å². The third kappa shape index (κ3) is 6.21. The maximum Gasteiger partial charge on any atom is 0.305 e. The minimum atomic E-state index is -0.770. The van der Waals surface area contributed by atoms with Crippen LogP contribution in [-0.4, -0.2) is 50.0 Å². The van der Waals surface area contributed by atoms with Gasteiger partial charge >= 0.3 is 5.97 Å². The van der Waals surface area contributed by atoms with Gasteiger partial charge in [0, 0.05) is 50.3 Å². The van der Waals surface area contributed by atoms with Crippen LogP contribution >= 0.6 is 0 Å². The van der Waals surface area contributed by atoms with Crippen LogP contribution in [0.15, 0.2) is 78.4 Å². The minimum Gasteiger partial charge on any atom is -0.497 e. The zero-order chi connectivity index (χ0) is 26.5. The number of ether oxygens (including phenoxy) is 2. The van der Waals surface area contributed by atoms with Crippen LogP contribution in [0.5, 0.6) is 11.5 Å². The predicted molar refractivity (Wildman–Crippen MR) is 148 cm³/mol. The first-order valence-corrected chi connectivity index (χ1v) is 13.4. The standard InChI is InChI=1S/C31H35FN2O4/c1-37-28-11-12-29(32)30(20-28)33-15-13-27(14-16-33)38-26-9-7-24(8-10-26)34-21-23(18-25(34)19-31(35)36)17-22-5-3-2-4-6-22/h2-5,7-12,17,20,23,25,27H,6,13-16,18-19,21H2,1H3,(H,35,36). The monoisotopic (exact) mass is 518 g/mol. The van der Waals surface area contributed by atoms with Crippen molar-refractivity contribution in [3.05, 3.63) is 84.2 Å². The van der Waals surface area contributed by atoms with Crippen LogP contribution < -0.4 is 19.3 Å². The number of hydrogen-bond donors (Lipinski definition) is 1. The summed E-state index contributed by atoms with van der Waals surface area (Å²) in [6.45, 7) is 2.22. The molecule has 2 unspecified atom stereocenters. The first kappa shape index (κ1) is 25.9. The van der Waals surface area contributed by atoms with Gasteiger partial charge in [-0.25, -0.2) is 4.39 Å². The van der Waals surface area contributed by atoms with E-state index in [1.165, 1.54) is 11.6 Å². The molecule has 200 valence electrons. The van der Waals surface area contributed by atoms with Crippen LogP contribution in [-0.2, 0) is 4.79 Å². The molecule has 1 N–H and O–H groups in total. The lowest BCUT2D eigenvalue weighted by Gasteiger charge is -2.34. The van der Waals surface area contributed by atoms with Gasteiger partial charge in [-0.15, -0.1) is 0 Å². The number of carboxylic acid groups (broad SMARTS) is 1. The van der Waals surface area contributed by atoms with E-state index in [0.717, 1.165) is 43.7 Å². The highest BCUT2D eigenvalue weighted by Gasteiger charge is 2.33. The smallest absolute Gasteiger partial charge is 0.305 e. The molecule has 2 saturated heterocycles. The topological polar surface area (TPSA) is 62.2 Å². The second-order valence-corrected chi connectivity index (χ2v) is 10.2. The molecule has 0 aromatic heterocycles. The largest absolute Gasteiger partial charge is 0.497 e. The molecule has 5 rings (SSSR count). The van der Waals surface area contributed by atoms with Crippen molar-refractivity contribution in [2.75, 3.05) is 36.5 Å². The third-order valence-electron chi connectivity index (χ3n) is 7.62. The molecule has 0 radical (unpaired) electrons. The fourth-order valence-corrected chi connectivity index (χ4v) is 5.73. The highest BCUT2D eigenvalue weighted by Crippen LogP contribution is 2.34. The number of rotatable bonds is 8. The highest BCUT2D eigenvalue weighted by atomic mass is 19.1. The molecule has 0 amide bonds. The Bertz CT molecular complexity index is 1210. The van der Waals surface area contributed by atoms with Gasteiger partial charge in [0.15, 0.2) is 0 Å². The lowest BCUT2D eigenvalue weighted by Crippen LogP contribution is -2.38. The zero-order valence-corrected chi connectivity index (χ0v) is 21.8. The number of nitrogens with zero attached hydrogens (tertiary/aromatic N) is 2. The lowest BCUT2D eigenvalue weighted by molar-refractivity contribution is -0.137. The Morgan fingerprint density at radius 2 is 1.87 bits per heavy atom. The number of benzene rings is 2. The van der Waals surface area contributed by atoms with Crippen molar-refractivity contribution in [1.29, 1.82) is 0 Å². The minimum absolute atomic E-state index is 0.0365. The highest BCUT2D eigenvalue weighted by molar-refractivity contribution is 5.69. The van der Waals surface area contributed by atoms with E-state index in [0.29, 0.717) is 30.4 Å². The quantitative estimate of drug-likeness (QED) is 0.463. The summed E-state index contributed by atoms with van der Waals surface area (Å²) in [6.07, 6.45) is 14.2. The number of piperidine rings is 1. The third-order valence-corrected chi connectivity index (χ3v) is 7.62. The van der Waals surface area contributed by atoms with Gasteiger partial charge in [-0.3, -0.25) is 4.79 Å². The normalized spacial score (nSPS) is 22.7. The summed E-state index contributed by atoms with van der Waals surface area (Å²) in [4.78, 5) is 15.8. The number of hydrogen-bond acceptors (Lipinski definition) is 5. The Labute approximate surface area is 223 Å². The van der Waals surface area contributed by atoms with Crippen molar-refractivity contribution in [2.24, 2.45) is 5.92 Å². The van der Waals surface area contributed by atoms with E-state index >= 15 is 0 Å². The van der Waals surface area contributed by atoms with E-state index in [2.05, 4.69) is 35.3 Å². The van der Waals surface area contributed by atoms with Gasteiger partial charge in [-0.2, -0.15) is 0 Å². The fourth-order valence-electron chi connectivity index (χ4n) is 5.73. The van der Waals surface area contributed by atoms with Crippen molar-refractivity contribution < 1.29 is 23.8 Å². The fraction of sp³-hybridized carbons (Fsp3) is 0.387. The molecule has 7 heteroatoms. The van der Waals surface area contributed by atoms with Gasteiger partial charge in [-0.05, 0) is 60.7 Å². The molecule has 3 aliphatic rings. The van der Waals surface area contributed by atoms with Crippen molar-refractivity contribution in [2.45, 2.75) is 44.2 Å². The Morgan fingerprint density at radius 3 is 2.55 bits per heavy atom. The molecule has 2 aromatic carbocycles. The second kappa shape index (κ2) is 11.8. The van der Waals surface area contributed by atoms with Gasteiger partial charge < -0.3 is 24.4 Å². The molecule has 0 saturated carbocycles. The van der Waals surface area contributed by atoms with E-state index in [-0.39, 0.29) is 24.4 Å². The number of anilines is 2. The Kier molecular flexibility index (Phi) is 8.01. The van der Waals surface area contributed by atoms with Gasteiger partial charge in [0.05, 0.1) is 19.2 Å². The van der Waals surface area contributed by atoms with E-state index in [1.54, 1.807) is 19.2 Å². The first-order chi connectivity index (χ1) is 18.5. The summed E-state index contributed by atoms with van der Waals surface area (Å²) in [5, 5.41) is 9.49. The Morgan fingerprint density at radius 1 is 1.11 bits per heavy atom. The van der Waals surface area contributed by atoms with Gasteiger partial charge in [0.1, 0.15) is 23.4 Å². The Hall–Kier alpha value is -3.74. The van der Waals surface area contributed by atoms with Crippen molar-refractivity contribution in [3.63, 3.8) is 0 Å². The van der Waals surface area contributed by atoms with Crippen LogP contribution in [0.25, 0.3) is 0 Å². The van der Waals surface area contributed by atoms with Crippen LogP contribution in [0, 0.1) is 11.7 Å². The van der Waals surface area contributed by atoms with Crippen molar-refractivity contribution in [3.8, 4) is 11.5 Å². The van der Waals surface area contributed by atoms with Crippen molar-refractivity contribution >= 4 is 17.3 Å². The van der Waals surface area contributed by atoms with Crippen LogP contribution in [0.2, 0.25) is 0 Å². The first-order valence-electron chi connectivity index (χ1n) is 13.4. The number of carbonyl (C=O) groups is 1. The van der Waals surface area contributed by atoms with E-state index in [1.807, 2.05) is 29.2 Å². The second-order valence-electron chi connectivity index (χ2n) is 10.2. The summed E-state index contributed by atoms with van der Waals surface area (Å²) in [7, 11) is 1.58. The van der Waals surface area contributed by atoms with Crippen LogP contribution in [0.1, 0.15) is 32.1 Å². The molecular formula is C31H35FN2O4. The summed E-state index contributed by atoms with van der Waals surface area (Å²) in [5.41, 5.74) is 2.88. The molecule has 38 heavy (non-hydrogen) atoms. The molecule has 2 aromatic rings. The summed E-state index contributed by atoms with van der Waals surface area (Å²) >= 11 is 0. The molecular weight excluding hydrogens is 483 g/mol. The summed E-state index contributed by atoms with van der Waals surface area (Å²) in [6, 6.07) is 12.8. The maximum atomic E-state index is 14.4. The molecule has 1 aliphatic carbocycles. The molecule has 2 heterocycles. The molecule has 0 spiro atoms. The molecule has 2 atom stereocenters. The molecule has 6 nitrogen and oxygen atoms in total. The van der Waals surface area contributed by atoms with Gasteiger partial charge in [-0.1, -0.05) is 30.4 Å².